The molecule has 3 nitrogen and oxygen atoms in total. The molecule has 1 aromatic rings. The normalized spacial score (nSPS) is 21.1. The molecule has 1 atom stereocenters. The lowest BCUT2D eigenvalue weighted by atomic mass is 10.1. The number of hydrogen-bond donors (Lipinski definition) is 1. The predicted molar refractivity (Wildman–Crippen MR) is 67.9 cm³/mol. The summed E-state index contributed by atoms with van der Waals surface area (Å²) in [4.78, 5) is 2.31. The van der Waals surface area contributed by atoms with E-state index in [1.165, 1.54) is 6.07 Å². The summed E-state index contributed by atoms with van der Waals surface area (Å²) in [5.41, 5.74) is 0.904. The molecule has 2 rings (SSSR count). The fraction of sp³-hybridized carbons (Fsp3) is 0.571. The first-order valence-electron chi connectivity index (χ1n) is 6.50. The molecule has 1 unspecified atom stereocenters. The maximum atomic E-state index is 13.2. The summed E-state index contributed by atoms with van der Waals surface area (Å²) in [7, 11) is 0. The summed E-state index contributed by atoms with van der Waals surface area (Å²) in [6.45, 7) is 3.61. The zero-order valence-electron chi connectivity index (χ0n) is 10.5. The summed E-state index contributed by atoms with van der Waals surface area (Å²) in [5.74, 6) is -0.214. The molecule has 0 aromatic heterocycles. The maximum absolute atomic E-state index is 13.2. The zero-order chi connectivity index (χ0) is 12.8. The highest BCUT2D eigenvalue weighted by Gasteiger charge is 2.21. The van der Waals surface area contributed by atoms with Crippen LogP contribution in [0.3, 0.4) is 0 Å². The number of aliphatic hydroxyl groups is 1. The molecule has 0 bridgehead atoms. The van der Waals surface area contributed by atoms with Gasteiger partial charge in [-0.1, -0.05) is 12.1 Å². The third-order valence-corrected chi connectivity index (χ3v) is 3.25. The maximum Gasteiger partial charge on any atom is 0.123 e. The molecule has 0 spiro atoms. The van der Waals surface area contributed by atoms with Gasteiger partial charge in [-0.25, -0.2) is 4.39 Å². The Hall–Kier alpha value is -0.970. The van der Waals surface area contributed by atoms with Crippen LogP contribution in [0.15, 0.2) is 24.3 Å². The van der Waals surface area contributed by atoms with Gasteiger partial charge < -0.3 is 9.84 Å². The van der Waals surface area contributed by atoms with Crippen molar-refractivity contribution in [2.45, 2.75) is 18.9 Å². The largest absolute Gasteiger partial charge is 0.396 e. The highest BCUT2D eigenvalue weighted by atomic mass is 19.1. The van der Waals surface area contributed by atoms with E-state index < -0.39 is 0 Å². The minimum absolute atomic E-state index is 0.0384. The Morgan fingerprint density at radius 1 is 1.39 bits per heavy atom. The molecule has 1 aromatic carbocycles. The molecule has 18 heavy (non-hydrogen) atoms. The average molecular weight is 253 g/mol. The smallest absolute Gasteiger partial charge is 0.123 e. The number of unbranched alkanes of at least 4 members (excludes halogenated alkanes) is 1. The Labute approximate surface area is 107 Å². The van der Waals surface area contributed by atoms with Gasteiger partial charge in [0.2, 0.25) is 0 Å². The topological polar surface area (TPSA) is 32.7 Å². The minimum atomic E-state index is -0.214. The van der Waals surface area contributed by atoms with Crippen molar-refractivity contribution < 1.29 is 14.2 Å². The number of rotatable bonds is 5. The fourth-order valence-electron chi connectivity index (χ4n) is 2.26. The molecule has 0 amide bonds. The molecule has 1 heterocycles. The van der Waals surface area contributed by atoms with Crippen molar-refractivity contribution >= 4 is 0 Å². The second-order valence-electron chi connectivity index (χ2n) is 4.65. The lowest BCUT2D eigenvalue weighted by Gasteiger charge is -2.33. The van der Waals surface area contributed by atoms with E-state index in [1.54, 1.807) is 12.1 Å². The van der Waals surface area contributed by atoms with Crippen LogP contribution in [0, 0.1) is 5.82 Å². The van der Waals surface area contributed by atoms with Gasteiger partial charge in [0.1, 0.15) is 5.82 Å². The summed E-state index contributed by atoms with van der Waals surface area (Å²) in [5, 5.41) is 8.77. The van der Waals surface area contributed by atoms with Crippen molar-refractivity contribution in [2.75, 3.05) is 32.8 Å². The van der Waals surface area contributed by atoms with Crippen LogP contribution in [0.25, 0.3) is 0 Å². The third-order valence-electron chi connectivity index (χ3n) is 3.25. The molecular weight excluding hydrogens is 233 g/mol. The number of ether oxygens (including phenoxy) is 1. The van der Waals surface area contributed by atoms with Gasteiger partial charge in [-0.05, 0) is 37.1 Å². The van der Waals surface area contributed by atoms with Gasteiger partial charge in [0.05, 0.1) is 12.7 Å². The van der Waals surface area contributed by atoms with Gasteiger partial charge in [0.15, 0.2) is 0 Å². The van der Waals surface area contributed by atoms with E-state index in [2.05, 4.69) is 4.90 Å². The predicted octanol–water partition coefficient (Wildman–Crippen LogP) is 1.97. The Morgan fingerprint density at radius 3 is 3.06 bits per heavy atom. The van der Waals surface area contributed by atoms with E-state index >= 15 is 0 Å². The second kappa shape index (κ2) is 6.83. The zero-order valence-corrected chi connectivity index (χ0v) is 10.5. The van der Waals surface area contributed by atoms with Crippen molar-refractivity contribution in [1.29, 1.82) is 0 Å². The Balaban J connectivity index is 1.90. The van der Waals surface area contributed by atoms with Crippen LogP contribution in [0.4, 0.5) is 4.39 Å². The number of halogens is 1. The van der Waals surface area contributed by atoms with Crippen LogP contribution in [0.2, 0.25) is 0 Å². The number of benzene rings is 1. The van der Waals surface area contributed by atoms with Crippen molar-refractivity contribution in [3.05, 3.63) is 35.6 Å². The van der Waals surface area contributed by atoms with Crippen molar-refractivity contribution in [1.82, 2.24) is 4.90 Å². The molecular formula is C14H20FNO2. The monoisotopic (exact) mass is 253 g/mol. The minimum Gasteiger partial charge on any atom is -0.396 e. The molecule has 1 aliphatic rings. The standard InChI is InChI=1S/C14H20FNO2/c15-13-5-3-4-12(10-13)14-11-16(7-9-18-14)6-1-2-8-17/h3-5,10,14,17H,1-2,6-9,11H2. The van der Waals surface area contributed by atoms with E-state index in [1.807, 2.05) is 6.07 Å². The third kappa shape index (κ3) is 3.77. The average Bonchev–Trinajstić information content (AvgIpc) is 2.39. The first kappa shape index (κ1) is 13.5. The fourth-order valence-corrected chi connectivity index (χ4v) is 2.26. The first-order chi connectivity index (χ1) is 8.79. The van der Waals surface area contributed by atoms with Gasteiger partial charge in [0, 0.05) is 19.7 Å². The lowest BCUT2D eigenvalue weighted by molar-refractivity contribution is -0.0307. The van der Waals surface area contributed by atoms with Crippen molar-refractivity contribution in [2.24, 2.45) is 0 Å². The van der Waals surface area contributed by atoms with Gasteiger partial charge in [-0.3, -0.25) is 4.90 Å². The summed E-state index contributed by atoms with van der Waals surface area (Å²) in [6.07, 6.45) is 1.79. The van der Waals surface area contributed by atoms with E-state index in [0.29, 0.717) is 6.61 Å². The van der Waals surface area contributed by atoms with Crippen LogP contribution in [0.5, 0.6) is 0 Å². The number of nitrogens with zero attached hydrogens (tertiary/aromatic N) is 1. The number of aliphatic hydroxyl groups excluding tert-OH is 1. The Morgan fingerprint density at radius 2 is 2.28 bits per heavy atom. The van der Waals surface area contributed by atoms with E-state index in [9.17, 15) is 4.39 Å². The first-order valence-corrected chi connectivity index (χ1v) is 6.50. The van der Waals surface area contributed by atoms with Crippen LogP contribution >= 0.6 is 0 Å². The van der Waals surface area contributed by atoms with Gasteiger partial charge in [0.25, 0.3) is 0 Å². The number of morpholine rings is 1. The summed E-state index contributed by atoms with van der Waals surface area (Å²) < 4.78 is 18.9. The SMILES string of the molecule is OCCCCN1CCOC(c2cccc(F)c2)C1. The Bertz CT molecular complexity index is 373. The van der Waals surface area contributed by atoms with E-state index in [4.69, 9.17) is 9.84 Å². The molecule has 1 fully saturated rings. The molecule has 1 saturated heterocycles. The molecule has 100 valence electrons. The van der Waals surface area contributed by atoms with E-state index in [-0.39, 0.29) is 18.5 Å². The summed E-state index contributed by atoms with van der Waals surface area (Å²) >= 11 is 0. The van der Waals surface area contributed by atoms with Gasteiger partial charge in [-0.2, -0.15) is 0 Å². The lowest BCUT2D eigenvalue weighted by Crippen LogP contribution is -2.38. The quantitative estimate of drug-likeness (QED) is 0.814. The molecule has 1 aliphatic heterocycles. The molecule has 0 saturated carbocycles. The number of hydrogen-bond acceptors (Lipinski definition) is 3. The van der Waals surface area contributed by atoms with Gasteiger partial charge in [-0.15, -0.1) is 0 Å². The van der Waals surface area contributed by atoms with E-state index in [0.717, 1.165) is 38.0 Å². The highest BCUT2D eigenvalue weighted by Crippen LogP contribution is 2.22. The van der Waals surface area contributed by atoms with Crippen LogP contribution in [0.1, 0.15) is 24.5 Å². The highest BCUT2D eigenvalue weighted by molar-refractivity contribution is 5.19. The molecule has 0 radical (unpaired) electrons. The second-order valence-corrected chi connectivity index (χ2v) is 4.65. The summed E-state index contributed by atoms with van der Waals surface area (Å²) in [6, 6.07) is 6.62. The molecule has 4 heteroatoms. The van der Waals surface area contributed by atoms with Crippen LogP contribution in [-0.2, 0) is 4.74 Å². The molecule has 0 aliphatic carbocycles. The Kier molecular flexibility index (Phi) is 5.11. The van der Waals surface area contributed by atoms with Gasteiger partial charge >= 0.3 is 0 Å². The van der Waals surface area contributed by atoms with Crippen LogP contribution in [-0.4, -0.2) is 42.9 Å². The molecule has 1 N–H and O–H groups in total. The van der Waals surface area contributed by atoms with Crippen molar-refractivity contribution in [3.8, 4) is 0 Å². The van der Waals surface area contributed by atoms with Crippen molar-refractivity contribution in [3.63, 3.8) is 0 Å². The van der Waals surface area contributed by atoms with Crippen LogP contribution < -0.4 is 0 Å².